The van der Waals surface area contributed by atoms with E-state index in [1.165, 1.54) is 6.07 Å². The Kier molecular flexibility index (Phi) is 3.79. The third-order valence-electron chi connectivity index (χ3n) is 2.37. The maximum Gasteiger partial charge on any atom is 0.451 e. The van der Waals surface area contributed by atoms with E-state index in [4.69, 9.17) is 10.3 Å². The fourth-order valence-corrected chi connectivity index (χ4v) is 1.50. The summed E-state index contributed by atoms with van der Waals surface area (Å²) in [5, 5.41) is 2.72. The Morgan fingerprint density at radius 1 is 1.25 bits per heavy atom. The van der Waals surface area contributed by atoms with Gasteiger partial charge in [-0.3, -0.25) is 0 Å². The number of alkyl halides is 3. The molecule has 0 radical (unpaired) electrons. The summed E-state index contributed by atoms with van der Waals surface area (Å²) in [6.45, 7) is 1.97. The van der Waals surface area contributed by atoms with Crippen LogP contribution < -0.4 is 16.6 Å². The highest BCUT2D eigenvalue weighted by molar-refractivity contribution is 5.47. The highest BCUT2D eigenvalue weighted by Gasteiger charge is 2.35. The summed E-state index contributed by atoms with van der Waals surface area (Å²) in [5.41, 5.74) is 2.07. The first-order chi connectivity index (χ1) is 9.38. The molecule has 0 saturated heterocycles. The Morgan fingerprint density at radius 2 is 1.95 bits per heavy atom. The number of anilines is 2. The number of aromatic nitrogens is 2. The molecule has 2 rings (SSSR count). The second kappa shape index (κ2) is 5.37. The molecule has 0 aliphatic rings. The van der Waals surface area contributed by atoms with Crippen LogP contribution >= 0.6 is 0 Å². The van der Waals surface area contributed by atoms with Crippen molar-refractivity contribution in [3.8, 4) is 0 Å². The van der Waals surface area contributed by atoms with Crippen LogP contribution in [-0.2, 0) is 12.7 Å². The number of nitrogen functional groups attached to an aromatic ring is 1. The fourth-order valence-electron chi connectivity index (χ4n) is 1.50. The van der Waals surface area contributed by atoms with E-state index in [1.807, 2.05) is 0 Å². The van der Waals surface area contributed by atoms with Crippen molar-refractivity contribution in [1.82, 2.24) is 9.97 Å². The Bertz CT molecular complexity index is 596. The first-order valence-corrected chi connectivity index (χ1v) is 5.60. The van der Waals surface area contributed by atoms with Gasteiger partial charge in [-0.2, -0.15) is 13.2 Å². The highest BCUT2D eigenvalue weighted by Crippen LogP contribution is 2.28. The maximum absolute atomic E-state index is 12.6. The molecule has 0 atom stereocenters. The number of aryl methyl sites for hydroxylation is 1. The van der Waals surface area contributed by atoms with E-state index in [1.54, 1.807) is 19.1 Å². The number of hydrogen-bond acceptors (Lipinski definition) is 6. The van der Waals surface area contributed by atoms with Gasteiger partial charge in [-0.15, -0.1) is 0 Å². The van der Waals surface area contributed by atoms with Gasteiger partial charge in [0, 0.05) is 6.07 Å². The maximum atomic E-state index is 12.6. The van der Waals surface area contributed by atoms with Crippen molar-refractivity contribution in [2.24, 2.45) is 5.84 Å². The van der Waals surface area contributed by atoms with Gasteiger partial charge in [0.2, 0.25) is 5.82 Å². The lowest BCUT2D eigenvalue weighted by Gasteiger charge is -2.10. The number of nitrogens with one attached hydrogen (secondary N) is 2. The van der Waals surface area contributed by atoms with Gasteiger partial charge in [0.15, 0.2) is 0 Å². The van der Waals surface area contributed by atoms with Crippen molar-refractivity contribution < 1.29 is 17.6 Å². The molecule has 4 N–H and O–H groups in total. The molecule has 20 heavy (non-hydrogen) atoms. The number of hydrazine groups is 1. The van der Waals surface area contributed by atoms with Gasteiger partial charge in [0.05, 0.1) is 6.54 Å². The Labute approximate surface area is 112 Å². The molecule has 9 heteroatoms. The van der Waals surface area contributed by atoms with Crippen molar-refractivity contribution in [2.75, 3.05) is 10.7 Å². The predicted molar refractivity (Wildman–Crippen MR) is 65.6 cm³/mol. The van der Waals surface area contributed by atoms with Crippen LogP contribution in [0.5, 0.6) is 0 Å². The zero-order valence-corrected chi connectivity index (χ0v) is 10.5. The summed E-state index contributed by atoms with van der Waals surface area (Å²) >= 11 is 0. The normalized spacial score (nSPS) is 11.4. The minimum atomic E-state index is -4.65. The summed E-state index contributed by atoms with van der Waals surface area (Å²) in [4.78, 5) is 6.64. The molecule has 108 valence electrons. The summed E-state index contributed by atoms with van der Waals surface area (Å²) in [6.07, 6.45) is -4.65. The van der Waals surface area contributed by atoms with Crippen LogP contribution in [0.4, 0.5) is 24.8 Å². The molecule has 0 aromatic carbocycles. The minimum absolute atomic E-state index is 0.00525. The van der Waals surface area contributed by atoms with Gasteiger partial charge < -0.3 is 15.2 Å². The first kappa shape index (κ1) is 14.1. The van der Waals surface area contributed by atoms with E-state index in [0.29, 0.717) is 11.5 Å². The van der Waals surface area contributed by atoms with Crippen LogP contribution in [0.3, 0.4) is 0 Å². The van der Waals surface area contributed by atoms with E-state index in [0.717, 1.165) is 0 Å². The van der Waals surface area contributed by atoms with Crippen LogP contribution in [0.1, 0.15) is 17.3 Å². The average molecular weight is 287 g/mol. The number of halogens is 3. The minimum Gasteiger partial charge on any atom is -0.465 e. The van der Waals surface area contributed by atoms with Crippen LogP contribution in [0.25, 0.3) is 0 Å². The largest absolute Gasteiger partial charge is 0.465 e. The molecule has 0 amide bonds. The fraction of sp³-hybridized carbons (Fsp3) is 0.273. The third-order valence-corrected chi connectivity index (χ3v) is 2.37. The van der Waals surface area contributed by atoms with Gasteiger partial charge in [-0.1, -0.05) is 0 Å². The first-order valence-electron chi connectivity index (χ1n) is 5.60. The topological polar surface area (TPSA) is 89.0 Å². The predicted octanol–water partition coefficient (Wildman–Crippen LogP) is 2.29. The van der Waals surface area contributed by atoms with Gasteiger partial charge >= 0.3 is 6.18 Å². The molecule has 0 aliphatic carbocycles. The highest BCUT2D eigenvalue weighted by atomic mass is 19.4. The second-order valence-electron chi connectivity index (χ2n) is 3.97. The lowest BCUT2D eigenvalue weighted by Crippen LogP contribution is -2.17. The SMILES string of the molecule is Cc1ccc(CNc2cc(NN)nc(C(F)(F)F)n2)o1. The van der Waals surface area contributed by atoms with Crippen molar-refractivity contribution in [3.05, 3.63) is 35.5 Å². The Hall–Kier alpha value is -2.29. The number of nitrogens with two attached hydrogens (primary N) is 1. The van der Waals surface area contributed by atoms with Crippen molar-refractivity contribution in [1.29, 1.82) is 0 Å². The molecule has 2 aromatic heterocycles. The summed E-state index contributed by atoms with van der Waals surface area (Å²) in [5.74, 6) is 4.97. The molecule has 0 fully saturated rings. The van der Waals surface area contributed by atoms with E-state index < -0.39 is 12.0 Å². The molecule has 0 aliphatic heterocycles. The Balaban J connectivity index is 2.18. The van der Waals surface area contributed by atoms with E-state index in [9.17, 15) is 13.2 Å². The number of hydrogen-bond donors (Lipinski definition) is 3. The smallest absolute Gasteiger partial charge is 0.451 e. The van der Waals surface area contributed by atoms with E-state index >= 15 is 0 Å². The molecule has 0 saturated carbocycles. The second-order valence-corrected chi connectivity index (χ2v) is 3.97. The quantitative estimate of drug-likeness (QED) is 0.590. The van der Waals surface area contributed by atoms with Crippen molar-refractivity contribution >= 4 is 11.6 Å². The van der Waals surface area contributed by atoms with Crippen LogP contribution in [-0.4, -0.2) is 9.97 Å². The lowest BCUT2D eigenvalue weighted by atomic mass is 10.4. The molecule has 6 nitrogen and oxygen atoms in total. The molecule has 0 unspecified atom stereocenters. The standard InChI is InChI=1S/C11H12F3N5O/c1-6-2-3-7(20-6)5-16-8-4-9(19-15)18-10(17-8)11(12,13)14/h2-4H,5,15H2,1H3,(H2,16,17,18,19). The van der Waals surface area contributed by atoms with Gasteiger partial charge in [-0.25, -0.2) is 15.8 Å². The number of furan rings is 1. The number of nitrogens with zero attached hydrogens (tertiary/aromatic N) is 2. The molecule has 2 aromatic rings. The average Bonchev–Trinajstić information content (AvgIpc) is 2.81. The summed E-state index contributed by atoms with van der Waals surface area (Å²) < 4.78 is 43.1. The van der Waals surface area contributed by atoms with Gasteiger partial charge in [0.1, 0.15) is 23.2 Å². The van der Waals surface area contributed by atoms with Crippen LogP contribution in [0.2, 0.25) is 0 Å². The van der Waals surface area contributed by atoms with E-state index in [-0.39, 0.29) is 18.2 Å². The van der Waals surface area contributed by atoms with E-state index in [2.05, 4.69) is 20.7 Å². The van der Waals surface area contributed by atoms with Crippen molar-refractivity contribution in [2.45, 2.75) is 19.6 Å². The molecule has 2 heterocycles. The zero-order chi connectivity index (χ0) is 14.8. The summed E-state index contributed by atoms with van der Waals surface area (Å²) in [6, 6.07) is 4.74. The molecular formula is C11H12F3N5O. The van der Waals surface area contributed by atoms with Crippen LogP contribution in [0, 0.1) is 6.92 Å². The number of rotatable bonds is 4. The monoisotopic (exact) mass is 287 g/mol. The van der Waals surface area contributed by atoms with Crippen molar-refractivity contribution in [3.63, 3.8) is 0 Å². The lowest BCUT2D eigenvalue weighted by molar-refractivity contribution is -0.144. The molecule has 0 bridgehead atoms. The zero-order valence-electron chi connectivity index (χ0n) is 10.5. The van der Waals surface area contributed by atoms with Crippen LogP contribution in [0.15, 0.2) is 22.6 Å². The molecule has 0 spiro atoms. The Morgan fingerprint density at radius 3 is 2.50 bits per heavy atom. The summed E-state index contributed by atoms with van der Waals surface area (Å²) in [7, 11) is 0. The van der Waals surface area contributed by atoms with Gasteiger partial charge in [-0.05, 0) is 19.1 Å². The van der Waals surface area contributed by atoms with Gasteiger partial charge in [0.25, 0.3) is 0 Å². The molecular weight excluding hydrogens is 275 g/mol. The third kappa shape index (κ3) is 3.38.